The Hall–Kier alpha value is -3.25. The summed E-state index contributed by atoms with van der Waals surface area (Å²) in [5.74, 6) is 0.300. The van der Waals surface area contributed by atoms with Crippen LogP contribution in [0, 0.1) is 0 Å². The number of aryl methyl sites for hydroxylation is 1. The SMILES string of the molecule is O=C1CC(=NCCC(c2ccccc2)c2ccccc2)C(CO)N1CCCn1ccnc1. The summed E-state index contributed by atoms with van der Waals surface area (Å²) in [5.41, 5.74) is 3.34. The zero-order chi connectivity index (χ0) is 22.2. The maximum atomic E-state index is 12.6. The fraction of sp³-hybridized carbons (Fsp3) is 0.346. The average Bonchev–Trinajstić information content (AvgIpc) is 3.45. The van der Waals surface area contributed by atoms with Crippen molar-refractivity contribution < 1.29 is 9.90 Å². The second-order valence-electron chi connectivity index (χ2n) is 8.15. The van der Waals surface area contributed by atoms with Crippen molar-refractivity contribution in [2.24, 2.45) is 4.99 Å². The van der Waals surface area contributed by atoms with Gasteiger partial charge in [-0.2, -0.15) is 0 Å². The minimum Gasteiger partial charge on any atom is -0.394 e. The molecule has 2 heterocycles. The van der Waals surface area contributed by atoms with Gasteiger partial charge in [0.15, 0.2) is 0 Å². The first kappa shape index (κ1) is 22.0. The van der Waals surface area contributed by atoms with Crippen LogP contribution in [0.4, 0.5) is 0 Å². The van der Waals surface area contributed by atoms with E-state index in [0.29, 0.717) is 19.5 Å². The molecule has 32 heavy (non-hydrogen) atoms. The molecule has 0 radical (unpaired) electrons. The molecular formula is C26H30N4O2. The molecule has 1 atom stereocenters. The van der Waals surface area contributed by atoms with E-state index in [-0.39, 0.29) is 24.5 Å². The highest BCUT2D eigenvalue weighted by Gasteiger charge is 2.35. The summed E-state index contributed by atoms with van der Waals surface area (Å²) in [6.45, 7) is 1.94. The zero-order valence-corrected chi connectivity index (χ0v) is 18.3. The van der Waals surface area contributed by atoms with E-state index in [1.54, 1.807) is 17.4 Å². The highest BCUT2D eigenvalue weighted by Crippen LogP contribution is 2.28. The summed E-state index contributed by atoms with van der Waals surface area (Å²) in [5, 5.41) is 9.98. The fourth-order valence-corrected chi connectivity index (χ4v) is 4.45. The summed E-state index contributed by atoms with van der Waals surface area (Å²) >= 11 is 0. The van der Waals surface area contributed by atoms with Gasteiger partial charge in [0.2, 0.25) is 5.91 Å². The third-order valence-electron chi connectivity index (χ3n) is 6.10. The molecule has 6 nitrogen and oxygen atoms in total. The van der Waals surface area contributed by atoms with Gasteiger partial charge in [-0.15, -0.1) is 0 Å². The lowest BCUT2D eigenvalue weighted by atomic mass is 9.88. The normalized spacial score (nSPS) is 17.6. The van der Waals surface area contributed by atoms with E-state index in [9.17, 15) is 9.90 Å². The highest BCUT2D eigenvalue weighted by atomic mass is 16.3. The molecule has 1 fully saturated rings. The Bertz CT molecular complexity index is 963. The van der Waals surface area contributed by atoms with E-state index >= 15 is 0 Å². The number of likely N-dealkylation sites (tertiary alicyclic amines) is 1. The number of benzene rings is 2. The van der Waals surface area contributed by atoms with Crippen LogP contribution in [0.5, 0.6) is 0 Å². The molecule has 0 spiro atoms. The van der Waals surface area contributed by atoms with Crippen LogP contribution in [0.1, 0.15) is 36.3 Å². The molecule has 1 amide bonds. The molecule has 0 aliphatic carbocycles. The third-order valence-corrected chi connectivity index (χ3v) is 6.10. The Balaban J connectivity index is 1.40. The van der Waals surface area contributed by atoms with E-state index in [1.807, 2.05) is 22.9 Å². The van der Waals surface area contributed by atoms with Gasteiger partial charge in [-0.3, -0.25) is 9.79 Å². The Morgan fingerprint density at radius 2 is 1.72 bits per heavy atom. The number of amides is 1. The second-order valence-corrected chi connectivity index (χ2v) is 8.15. The van der Waals surface area contributed by atoms with Crippen LogP contribution in [0.2, 0.25) is 0 Å². The first-order valence-corrected chi connectivity index (χ1v) is 11.3. The number of imidazole rings is 1. The second kappa shape index (κ2) is 10.9. The monoisotopic (exact) mass is 430 g/mol. The molecular weight excluding hydrogens is 400 g/mol. The summed E-state index contributed by atoms with van der Waals surface area (Å²) in [7, 11) is 0. The lowest BCUT2D eigenvalue weighted by molar-refractivity contribution is -0.129. The number of aliphatic hydroxyl groups excluding tert-OH is 1. The molecule has 166 valence electrons. The third kappa shape index (κ3) is 5.32. The summed E-state index contributed by atoms with van der Waals surface area (Å²) in [4.78, 5) is 23.2. The maximum absolute atomic E-state index is 12.6. The molecule has 1 aromatic heterocycles. The highest BCUT2D eigenvalue weighted by molar-refractivity contribution is 6.10. The predicted molar refractivity (Wildman–Crippen MR) is 126 cm³/mol. The lowest BCUT2D eigenvalue weighted by Gasteiger charge is -2.23. The molecule has 0 saturated carbocycles. The topological polar surface area (TPSA) is 70.7 Å². The Morgan fingerprint density at radius 1 is 1.03 bits per heavy atom. The van der Waals surface area contributed by atoms with Crippen molar-refractivity contribution in [3.63, 3.8) is 0 Å². The Morgan fingerprint density at radius 3 is 2.31 bits per heavy atom. The van der Waals surface area contributed by atoms with Crippen LogP contribution in [-0.2, 0) is 11.3 Å². The number of rotatable bonds is 10. The predicted octanol–water partition coefficient (Wildman–Crippen LogP) is 3.53. The number of nitrogens with zero attached hydrogens (tertiary/aromatic N) is 4. The Kier molecular flexibility index (Phi) is 7.46. The van der Waals surface area contributed by atoms with Gasteiger partial charge in [-0.25, -0.2) is 4.98 Å². The molecule has 3 aromatic rings. The van der Waals surface area contributed by atoms with Crippen molar-refractivity contribution in [2.75, 3.05) is 19.7 Å². The van der Waals surface area contributed by atoms with E-state index in [2.05, 4.69) is 53.5 Å². The van der Waals surface area contributed by atoms with E-state index in [4.69, 9.17) is 4.99 Å². The van der Waals surface area contributed by atoms with Gasteiger partial charge in [0.05, 0.1) is 25.4 Å². The smallest absolute Gasteiger partial charge is 0.228 e. The number of aliphatic hydroxyl groups is 1. The minimum atomic E-state index is -0.308. The van der Waals surface area contributed by atoms with Crippen molar-refractivity contribution in [1.29, 1.82) is 0 Å². The summed E-state index contributed by atoms with van der Waals surface area (Å²) < 4.78 is 2.00. The average molecular weight is 431 g/mol. The van der Waals surface area contributed by atoms with E-state index in [1.165, 1.54) is 11.1 Å². The van der Waals surface area contributed by atoms with Crippen LogP contribution in [0.3, 0.4) is 0 Å². The van der Waals surface area contributed by atoms with Gasteiger partial charge in [0.1, 0.15) is 0 Å². The molecule has 2 aromatic carbocycles. The number of carbonyl (C=O) groups is 1. The largest absolute Gasteiger partial charge is 0.394 e. The number of hydrogen-bond donors (Lipinski definition) is 1. The lowest BCUT2D eigenvalue weighted by Crippen LogP contribution is -2.39. The first-order valence-electron chi connectivity index (χ1n) is 11.3. The molecule has 1 aliphatic rings. The number of hydrogen-bond acceptors (Lipinski definition) is 4. The standard InChI is InChI=1S/C26H30N4O2/c31-19-25-24(18-26(32)30(25)16-7-15-29-17-14-27-20-29)28-13-12-23(21-8-3-1-4-9-21)22-10-5-2-6-11-22/h1-6,8-11,14,17,20,23,25,31H,7,12-13,15-16,18-19H2. The zero-order valence-electron chi connectivity index (χ0n) is 18.3. The first-order chi connectivity index (χ1) is 15.8. The van der Waals surface area contributed by atoms with Crippen LogP contribution in [0.15, 0.2) is 84.4 Å². The van der Waals surface area contributed by atoms with Crippen LogP contribution in [-0.4, -0.2) is 56.9 Å². The number of aliphatic imine (C=N–C) groups is 1. The van der Waals surface area contributed by atoms with Gasteiger partial charge < -0.3 is 14.6 Å². The molecule has 1 unspecified atom stereocenters. The summed E-state index contributed by atoms with van der Waals surface area (Å²) in [6.07, 6.45) is 7.41. The molecule has 1 saturated heterocycles. The van der Waals surface area contributed by atoms with E-state index < -0.39 is 0 Å². The van der Waals surface area contributed by atoms with Crippen LogP contribution in [0.25, 0.3) is 0 Å². The van der Waals surface area contributed by atoms with Gasteiger partial charge in [0.25, 0.3) is 0 Å². The quantitative estimate of drug-likeness (QED) is 0.535. The molecule has 1 aliphatic heterocycles. The molecule has 1 N–H and O–H groups in total. The number of carbonyl (C=O) groups excluding carboxylic acids is 1. The minimum absolute atomic E-state index is 0.0519. The fourth-order valence-electron chi connectivity index (χ4n) is 4.45. The van der Waals surface area contributed by atoms with Gasteiger partial charge >= 0.3 is 0 Å². The van der Waals surface area contributed by atoms with Gasteiger partial charge in [-0.05, 0) is 24.0 Å². The number of aromatic nitrogens is 2. The maximum Gasteiger partial charge on any atom is 0.228 e. The van der Waals surface area contributed by atoms with Crippen molar-refractivity contribution in [3.05, 3.63) is 90.5 Å². The van der Waals surface area contributed by atoms with Crippen molar-refractivity contribution in [3.8, 4) is 0 Å². The summed E-state index contributed by atoms with van der Waals surface area (Å²) in [6, 6.07) is 20.6. The molecule has 4 rings (SSSR count). The van der Waals surface area contributed by atoms with Crippen molar-refractivity contribution >= 4 is 11.6 Å². The molecule has 6 heteroatoms. The van der Waals surface area contributed by atoms with Gasteiger partial charge in [0, 0.05) is 43.7 Å². The Labute approximate surface area is 189 Å². The van der Waals surface area contributed by atoms with Crippen LogP contribution < -0.4 is 0 Å². The van der Waals surface area contributed by atoms with Gasteiger partial charge in [-0.1, -0.05) is 60.7 Å². The van der Waals surface area contributed by atoms with Crippen molar-refractivity contribution in [1.82, 2.24) is 14.5 Å². The van der Waals surface area contributed by atoms with Crippen molar-refractivity contribution in [2.45, 2.75) is 37.8 Å². The van der Waals surface area contributed by atoms with Crippen LogP contribution >= 0.6 is 0 Å². The van der Waals surface area contributed by atoms with E-state index in [0.717, 1.165) is 25.1 Å². The molecule has 0 bridgehead atoms.